The maximum absolute atomic E-state index is 13.0. The first kappa shape index (κ1) is 14.8. The smallest absolute Gasteiger partial charge is 0.278 e. The summed E-state index contributed by atoms with van der Waals surface area (Å²) < 4.78 is 0. The Morgan fingerprint density at radius 3 is 2.35 bits per heavy atom. The van der Waals surface area contributed by atoms with Gasteiger partial charge in [-0.25, -0.2) is 4.90 Å². The highest BCUT2D eigenvalue weighted by Crippen LogP contribution is 2.35. The summed E-state index contributed by atoms with van der Waals surface area (Å²) in [5.74, 6) is -1.37. The summed E-state index contributed by atoms with van der Waals surface area (Å²) in [6, 6.07) is 22.7. The molecule has 0 radical (unpaired) electrons. The fourth-order valence-corrected chi connectivity index (χ4v) is 3.60. The van der Waals surface area contributed by atoms with Crippen LogP contribution in [0.1, 0.15) is 5.56 Å². The van der Waals surface area contributed by atoms with Gasteiger partial charge >= 0.3 is 0 Å². The molecule has 0 bridgehead atoms. The number of carbonyl (C=O) groups is 2. The van der Waals surface area contributed by atoms with Crippen LogP contribution in [-0.2, 0) is 14.4 Å². The van der Waals surface area contributed by atoms with Crippen molar-refractivity contribution < 1.29 is 14.4 Å². The highest BCUT2D eigenvalue weighted by Gasteiger charge is 2.56. The molecule has 0 N–H and O–H groups in total. The van der Waals surface area contributed by atoms with E-state index in [1.54, 1.807) is 24.3 Å². The highest BCUT2D eigenvalue weighted by molar-refractivity contribution is 6.32. The predicted octanol–water partition coefficient (Wildman–Crippen LogP) is 3.13. The monoisotopic (exact) mass is 342 g/mol. The molecule has 0 aliphatic carbocycles. The second kappa shape index (κ2) is 5.52. The van der Waals surface area contributed by atoms with E-state index in [1.807, 2.05) is 48.5 Å². The van der Waals surface area contributed by atoms with Crippen LogP contribution in [0, 0.1) is 5.92 Å². The lowest BCUT2D eigenvalue weighted by atomic mass is 9.93. The maximum atomic E-state index is 13.0. The first-order chi connectivity index (χ1) is 12.7. The Morgan fingerprint density at radius 1 is 0.808 bits per heavy atom. The number of carbonyl (C=O) groups excluding carboxylic acids is 2. The Labute approximate surface area is 149 Å². The fraction of sp³-hybridized carbons (Fsp3) is 0.0952. The van der Waals surface area contributed by atoms with E-state index in [9.17, 15) is 9.59 Å². The first-order valence-electron chi connectivity index (χ1n) is 8.40. The molecule has 2 amide bonds. The van der Waals surface area contributed by atoms with Crippen molar-refractivity contribution in [2.45, 2.75) is 6.10 Å². The minimum atomic E-state index is -0.885. The summed E-state index contributed by atoms with van der Waals surface area (Å²) in [5.41, 5.74) is 1.86. The Kier molecular flexibility index (Phi) is 3.15. The number of imide groups is 1. The average molecular weight is 342 g/mol. The van der Waals surface area contributed by atoms with Crippen molar-refractivity contribution >= 4 is 34.0 Å². The van der Waals surface area contributed by atoms with Crippen molar-refractivity contribution in [3.63, 3.8) is 0 Å². The Morgan fingerprint density at radius 2 is 1.54 bits per heavy atom. The Balaban J connectivity index is 1.55. The molecule has 2 aliphatic heterocycles. The van der Waals surface area contributed by atoms with E-state index in [2.05, 4.69) is 5.16 Å². The standard InChI is InChI=1S/C21H14N2O3/c24-20-17-18(15-11-10-13-6-4-5-7-14(13)12-15)22-26-19(17)21(25)23(20)16-8-2-1-3-9-16/h1-12,17,19H. The summed E-state index contributed by atoms with van der Waals surface area (Å²) >= 11 is 0. The van der Waals surface area contributed by atoms with E-state index < -0.39 is 12.0 Å². The molecule has 5 nitrogen and oxygen atoms in total. The van der Waals surface area contributed by atoms with Crippen molar-refractivity contribution in [2.24, 2.45) is 11.1 Å². The van der Waals surface area contributed by atoms with Crippen LogP contribution >= 0.6 is 0 Å². The zero-order chi connectivity index (χ0) is 17.7. The van der Waals surface area contributed by atoms with Gasteiger partial charge in [0.25, 0.3) is 5.91 Å². The number of benzene rings is 3. The molecule has 2 atom stereocenters. The number of hydrogen-bond donors (Lipinski definition) is 0. The third-order valence-corrected chi connectivity index (χ3v) is 4.87. The van der Waals surface area contributed by atoms with Crippen LogP contribution in [0.15, 0.2) is 78.0 Å². The van der Waals surface area contributed by atoms with Crippen molar-refractivity contribution in [3.05, 3.63) is 78.4 Å². The number of nitrogens with zero attached hydrogens (tertiary/aromatic N) is 2. The molecule has 2 unspecified atom stereocenters. The van der Waals surface area contributed by atoms with E-state index in [0.717, 1.165) is 16.3 Å². The number of oxime groups is 1. The second-order valence-corrected chi connectivity index (χ2v) is 6.39. The number of anilines is 1. The van der Waals surface area contributed by atoms with Crippen molar-refractivity contribution in [1.29, 1.82) is 0 Å². The van der Waals surface area contributed by atoms with Gasteiger partial charge in [-0.15, -0.1) is 0 Å². The van der Waals surface area contributed by atoms with E-state index >= 15 is 0 Å². The molecular weight excluding hydrogens is 328 g/mol. The van der Waals surface area contributed by atoms with Gasteiger partial charge in [-0.05, 0) is 29.0 Å². The molecule has 26 heavy (non-hydrogen) atoms. The fourth-order valence-electron chi connectivity index (χ4n) is 3.60. The lowest BCUT2D eigenvalue weighted by Crippen LogP contribution is -2.33. The Hall–Kier alpha value is -3.47. The molecular formula is C21H14N2O3. The van der Waals surface area contributed by atoms with Crippen molar-refractivity contribution in [2.75, 3.05) is 4.90 Å². The van der Waals surface area contributed by atoms with E-state index in [1.165, 1.54) is 4.90 Å². The summed E-state index contributed by atoms with van der Waals surface area (Å²) in [5, 5.41) is 6.23. The zero-order valence-electron chi connectivity index (χ0n) is 13.7. The van der Waals surface area contributed by atoms with Gasteiger partial charge in [-0.1, -0.05) is 59.8 Å². The molecule has 3 aromatic carbocycles. The van der Waals surface area contributed by atoms with Gasteiger partial charge in [-0.2, -0.15) is 0 Å². The summed E-state index contributed by atoms with van der Waals surface area (Å²) in [7, 11) is 0. The van der Waals surface area contributed by atoms with Gasteiger partial charge in [0.1, 0.15) is 11.6 Å². The normalized spacial score (nSPS) is 21.7. The van der Waals surface area contributed by atoms with Crippen LogP contribution in [0.2, 0.25) is 0 Å². The van der Waals surface area contributed by atoms with E-state index in [4.69, 9.17) is 4.84 Å². The van der Waals surface area contributed by atoms with Crippen molar-refractivity contribution in [3.8, 4) is 0 Å². The van der Waals surface area contributed by atoms with Crippen LogP contribution in [-0.4, -0.2) is 23.6 Å². The number of fused-ring (bicyclic) bond motifs is 2. The molecule has 126 valence electrons. The van der Waals surface area contributed by atoms with Crippen LogP contribution in [0.3, 0.4) is 0 Å². The minimum absolute atomic E-state index is 0.296. The van der Waals surface area contributed by atoms with Gasteiger partial charge < -0.3 is 4.84 Å². The second-order valence-electron chi connectivity index (χ2n) is 6.39. The molecule has 3 aromatic rings. The molecule has 1 fully saturated rings. The molecule has 0 spiro atoms. The van der Waals surface area contributed by atoms with E-state index in [-0.39, 0.29) is 11.8 Å². The number of rotatable bonds is 2. The average Bonchev–Trinajstić information content (AvgIpc) is 3.22. The number of amides is 2. The van der Waals surface area contributed by atoms with Crippen LogP contribution in [0.25, 0.3) is 10.8 Å². The molecule has 1 saturated heterocycles. The minimum Gasteiger partial charge on any atom is -0.381 e. The molecule has 5 heteroatoms. The molecule has 2 heterocycles. The van der Waals surface area contributed by atoms with Crippen LogP contribution in [0.5, 0.6) is 0 Å². The lowest BCUT2D eigenvalue weighted by molar-refractivity contribution is -0.126. The molecule has 5 rings (SSSR count). The molecule has 0 aromatic heterocycles. The van der Waals surface area contributed by atoms with Crippen molar-refractivity contribution in [1.82, 2.24) is 0 Å². The van der Waals surface area contributed by atoms with Gasteiger partial charge in [0, 0.05) is 5.56 Å². The number of para-hydroxylation sites is 1. The number of hydrogen-bond acceptors (Lipinski definition) is 4. The van der Waals surface area contributed by atoms with Gasteiger partial charge in [0.2, 0.25) is 12.0 Å². The Bertz CT molecular complexity index is 1070. The largest absolute Gasteiger partial charge is 0.381 e. The third kappa shape index (κ3) is 2.07. The maximum Gasteiger partial charge on any atom is 0.278 e. The first-order valence-corrected chi connectivity index (χ1v) is 8.40. The van der Waals surface area contributed by atoms with Crippen LogP contribution < -0.4 is 4.90 Å². The summed E-state index contributed by atoms with van der Waals surface area (Å²) in [6.07, 6.45) is -0.885. The van der Waals surface area contributed by atoms with Crippen LogP contribution in [0.4, 0.5) is 5.69 Å². The quantitative estimate of drug-likeness (QED) is 0.672. The summed E-state index contributed by atoms with van der Waals surface area (Å²) in [4.78, 5) is 32.2. The predicted molar refractivity (Wildman–Crippen MR) is 97.8 cm³/mol. The summed E-state index contributed by atoms with van der Waals surface area (Å²) in [6.45, 7) is 0. The third-order valence-electron chi connectivity index (χ3n) is 4.87. The van der Waals surface area contributed by atoms with Gasteiger partial charge in [0.05, 0.1) is 5.69 Å². The topological polar surface area (TPSA) is 59.0 Å². The lowest BCUT2D eigenvalue weighted by Gasteiger charge is -2.15. The van der Waals surface area contributed by atoms with Gasteiger partial charge in [0.15, 0.2) is 0 Å². The zero-order valence-corrected chi connectivity index (χ0v) is 13.7. The molecule has 0 saturated carbocycles. The SMILES string of the molecule is O=C1C2ON=C(c3ccc4ccccc4c3)C2C(=O)N1c1ccccc1. The highest BCUT2D eigenvalue weighted by atomic mass is 16.6. The van der Waals surface area contributed by atoms with E-state index in [0.29, 0.717) is 11.4 Å². The molecule has 2 aliphatic rings. The van der Waals surface area contributed by atoms with Gasteiger partial charge in [-0.3, -0.25) is 9.59 Å².